The van der Waals surface area contributed by atoms with E-state index in [1.807, 2.05) is 4.90 Å². The van der Waals surface area contributed by atoms with Crippen LogP contribution in [0.5, 0.6) is 0 Å². The average molecular weight is 345 g/mol. The molecule has 0 aliphatic carbocycles. The van der Waals surface area contributed by atoms with E-state index in [1.54, 1.807) is 28.9 Å². The quantitative estimate of drug-likeness (QED) is 0.869. The molecule has 2 aliphatic rings. The van der Waals surface area contributed by atoms with Crippen LogP contribution in [0.3, 0.4) is 0 Å². The minimum atomic E-state index is -0.858. The van der Waals surface area contributed by atoms with Crippen molar-refractivity contribution in [1.82, 2.24) is 19.9 Å². The van der Waals surface area contributed by atoms with Gasteiger partial charge >= 0.3 is 5.97 Å². The Morgan fingerprint density at radius 2 is 2.00 bits per heavy atom. The summed E-state index contributed by atoms with van der Waals surface area (Å²) in [6.07, 6.45) is 4.85. The van der Waals surface area contributed by atoms with Gasteiger partial charge in [-0.3, -0.25) is 14.6 Å². The molecular weight excluding hydrogens is 330 g/mol. The summed E-state index contributed by atoms with van der Waals surface area (Å²) in [6.45, 7) is 1.75. The predicted molar refractivity (Wildman–Crippen MR) is 85.8 cm³/mol. The molecule has 1 atom stereocenters. The summed E-state index contributed by atoms with van der Waals surface area (Å²) in [6, 6.07) is 1.74. The largest absolute Gasteiger partial charge is 0.481 e. The Labute approximate surface area is 141 Å². The Bertz CT molecular complexity index is 761. The number of aliphatic carboxylic acids is 1. The van der Waals surface area contributed by atoms with Crippen molar-refractivity contribution in [2.75, 3.05) is 31.1 Å². The van der Waals surface area contributed by atoms with Gasteiger partial charge in [0.2, 0.25) is 5.95 Å². The molecule has 4 rings (SSSR count). The summed E-state index contributed by atoms with van der Waals surface area (Å²) in [5.74, 6) is -0.980. The zero-order valence-corrected chi connectivity index (χ0v) is 13.5. The Morgan fingerprint density at radius 1 is 1.25 bits per heavy atom. The van der Waals surface area contributed by atoms with Gasteiger partial charge in [0.05, 0.1) is 17.6 Å². The zero-order valence-electron chi connectivity index (χ0n) is 12.7. The zero-order chi connectivity index (χ0) is 16.7. The van der Waals surface area contributed by atoms with E-state index in [1.165, 1.54) is 17.5 Å². The first kappa shape index (κ1) is 15.0. The second-order valence-corrected chi connectivity index (χ2v) is 7.10. The molecule has 4 heterocycles. The summed E-state index contributed by atoms with van der Waals surface area (Å²) < 4.78 is 0. The topological polar surface area (TPSA) is 99.5 Å². The lowest BCUT2D eigenvalue weighted by molar-refractivity contribution is -0.145. The standard InChI is InChI=1S/C15H15N5O3S/c21-12(11-4-16-9-24-11)19-5-10(13(22)23)15(6-19)7-20(8-15)14-17-2-1-3-18-14/h1-4,9-10H,5-8H2,(H,22,23)/t10-/m0/s1. The van der Waals surface area contributed by atoms with Gasteiger partial charge in [0, 0.05) is 44.0 Å². The number of aromatic nitrogens is 3. The molecule has 2 aliphatic heterocycles. The number of anilines is 1. The molecule has 9 heteroatoms. The maximum atomic E-state index is 12.5. The van der Waals surface area contributed by atoms with Crippen LogP contribution in [0, 0.1) is 11.3 Å². The summed E-state index contributed by atoms with van der Waals surface area (Å²) in [5, 5.41) is 9.60. The Hall–Kier alpha value is -2.55. The Morgan fingerprint density at radius 3 is 2.62 bits per heavy atom. The van der Waals surface area contributed by atoms with Crippen LogP contribution in [0.15, 0.2) is 30.2 Å². The SMILES string of the molecule is O=C(O)[C@@H]1CN(C(=O)c2cncs2)CC12CN(c1ncccn1)C2. The van der Waals surface area contributed by atoms with E-state index in [-0.39, 0.29) is 12.5 Å². The van der Waals surface area contributed by atoms with Crippen LogP contribution < -0.4 is 4.90 Å². The van der Waals surface area contributed by atoms with E-state index in [9.17, 15) is 14.7 Å². The number of amides is 1. The second-order valence-electron chi connectivity index (χ2n) is 6.21. The van der Waals surface area contributed by atoms with Crippen molar-refractivity contribution >= 4 is 29.2 Å². The monoisotopic (exact) mass is 345 g/mol. The van der Waals surface area contributed by atoms with E-state index in [0.29, 0.717) is 30.5 Å². The molecule has 0 bridgehead atoms. The number of carboxylic acids is 1. The fourth-order valence-electron chi connectivity index (χ4n) is 3.57. The lowest BCUT2D eigenvalue weighted by Gasteiger charge is -2.49. The normalized spacial score (nSPS) is 21.8. The first-order chi connectivity index (χ1) is 11.6. The highest BCUT2D eigenvalue weighted by atomic mass is 32.1. The molecule has 0 unspecified atom stereocenters. The Kier molecular flexibility index (Phi) is 3.45. The van der Waals surface area contributed by atoms with Gasteiger partial charge in [0.15, 0.2) is 0 Å². The van der Waals surface area contributed by atoms with Crippen molar-refractivity contribution in [2.24, 2.45) is 11.3 Å². The smallest absolute Gasteiger partial charge is 0.309 e. The number of carbonyl (C=O) groups excluding carboxylic acids is 1. The van der Waals surface area contributed by atoms with Crippen LogP contribution in [-0.4, -0.2) is 63.0 Å². The molecule has 1 N–H and O–H groups in total. The van der Waals surface area contributed by atoms with Gasteiger partial charge in [-0.2, -0.15) is 0 Å². The second kappa shape index (κ2) is 5.52. The van der Waals surface area contributed by atoms with Crippen molar-refractivity contribution in [2.45, 2.75) is 0 Å². The highest BCUT2D eigenvalue weighted by Gasteiger charge is 2.58. The van der Waals surface area contributed by atoms with Crippen molar-refractivity contribution < 1.29 is 14.7 Å². The number of hydrogen-bond acceptors (Lipinski definition) is 7. The lowest BCUT2D eigenvalue weighted by Crippen LogP contribution is -2.62. The van der Waals surface area contributed by atoms with Crippen LogP contribution >= 0.6 is 11.3 Å². The van der Waals surface area contributed by atoms with E-state index >= 15 is 0 Å². The van der Waals surface area contributed by atoms with Gasteiger partial charge in [-0.25, -0.2) is 9.97 Å². The van der Waals surface area contributed by atoms with Crippen LogP contribution in [0.2, 0.25) is 0 Å². The van der Waals surface area contributed by atoms with E-state index in [0.717, 1.165) is 0 Å². The molecule has 2 aromatic heterocycles. The fourth-order valence-corrected chi connectivity index (χ4v) is 4.16. The van der Waals surface area contributed by atoms with Crippen molar-refractivity contribution in [3.05, 3.63) is 35.0 Å². The first-order valence-corrected chi connectivity index (χ1v) is 8.40. The lowest BCUT2D eigenvalue weighted by atomic mass is 9.71. The molecule has 0 aromatic carbocycles. The number of rotatable bonds is 3. The third-order valence-corrected chi connectivity index (χ3v) is 5.48. The summed E-state index contributed by atoms with van der Waals surface area (Å²) in [4.78, 5) is 40.7. The van der Waals surface area contributed by atoms with E-state index in [4.69, 9.17) is 0 Å². The summed E-state index contributed by atoms with van der Waals surface area (Å²) in [7, 11) is 0. The molecule has 1 amide bonds. The number of nitrogens with zero attached hydrogens (tertiary/aromatic N) is 5. The van der Waals surface area contributed by atoms with Crippen LogP contribution in [0.25, 0.3) is 0 Å². The number of carbonyl (C=O) groups is 2. The molecule has 2 fully saturated rings. The maximum Gasteiger partial charge on any atom is 0.309 e. The number of likely N-dealkylation sites (tertiary alicyclic amines) is 1. The molecule has 0 saturated carbocycles. The van der Waals surface area contributed by atoms with Gasteiger partial charge in [-0.05, 0) is 6.07 Å². The van der Waals surface area contributed by atoms with Crippen molar-refractivity contribution in [3.63, 3.8) is 0 Å². The highest BCUT2D eigenvalue weighted by Crippen LogP contribution is 2.45. The van der Waals surface area contributed by atoms with E-state index in [2.05, 4.69) is 15.0 Å². The van der Waals surface area contributed by atoms with E-state index < -0.39 is 17.3 Å². The molecule has 8 nitrogen and oxygen atoms in total. The molecule has 2 saturated heterocycles. The van der Waals surface area contributed by atoms with Gasteiger partial charge in [0.1, 0.15) is 4.88 Å². The molecule has 24 heavy (non-hydrogen) atoms. The average Bonchev–Trinajstić information content (AvgIpc) is 3.21. The fraction of sp³-hybridized carbons (Fsp3) is 0.400. The highest BCUT2D eigenvalue weighted by molar-refractivity contribution is 7.11. The van der Waals surface area contributed by atoms with Crippen LogP contribution in [0.1, 0.15) is 9.67 Å². The maximum absolute atomic E-state index is 12.5. The number of thiazole rings is 1. The molecular formula is C15H15N5O3S. The number of hydrogen-bond donors (Lipinski definition) is 1. The molecule has 1 spiro atoms. The van der Waals surface area contributed by atoms with Crippen LogP contribution in [-0.2, 0) is 4.79 Å². The van der Waals surface area contributed by atoms with Gasteiger partial charge < -0.3 is 14.9 Å². The summed E-state index contributed by atoms with van der Waals surface area (Å²) in [5.41, 5.74) is 1.16. The van der Waals surface area contributed by atoms with Crippen molar-refractivity contribution in [1.29, 1.82) is 0 Å². The van der Waals surface area contributed by atoms with Gasteiger partial charge in [-0.15, -0.1) is 11.3 Å². The third kappa shape index (κ3) is 2.32. The molecule has 0 radical (unpaired) electrons. The molecule has 2 aromatic rings. The van der Waals surface area contributed by atoms with Crippen LogP contribution in [0.4, 0.5) is 5.95 Å². The Balaban J connectivity index is 1.53. The predicted octanol–water partition coefficient (Wildman–Crippen LogP) is 0.596. The number of carboxylic acid groups (broad SMARTS) is 1. The summed E-state index contributed by atoms with van der Waals surface area (Å²) >= 11 is 1.27. The van der Waals surface area contributed by atoms with Gasteiger partial charge in [0.25, 0.3) is 5.91 Å². The third-order valence-electron chi connectivity index (χ3n) is 4.72. The van der Waals surface area contributed by atoms with Crippen molar-refractivity contribution in [3.8, 4) is 0 Å². The van der Waals surface area contributed by atoms with Gasteiger partial charge in [-0.1, -0.05) is 0 Å². The molecule has 124 valence electrons. The minimum absolute atomic E-state index is 0.143. The first-order valence-electron chi connectivity index (χ1n) is 7.52. The minimum Gasteiger partial charge on any atom is -0.481 e.